The van der Waals surface area contributed by atoms with Crippen LogP contribution < -0.4 is 4.74 Å². The van der Waals surface area contributed by atoms with E-state index < -0.39 is 0 Å². The third-order valence-electron chi connectivity index (χ3n) is 5.40. The van der Waals surface area contributed by atoms with Crippen LogP contribution in [0.15, 0.2) is 72.3 Å². The number of H-pyrrole nitrogens is 1. The lowest BCUT2D eigenvalue weighted by atomic mass is 9.68. The van der Waals surface area contributed by atoms with Gasteiger partial charge in [0.2, 0.25) is 0 Å². The minimum absolute atomic E-state index is 0.257. The number of benzene rings is 2. The van der Waals surface area contributed by atoms with Crippen LogP contribution in [-0.2, 0) is 11.8 Å². The molecule has 0 saturated heterocycles. The largest absolute Gasteiger partial charge is 0.497 e. The highest BCUT2D eigenvalue weighted by Gasteiger charge is 2.36. The van der Waals surface area contributed by atoms with Crippen LogP contribution >= 0.6 is 11.3 Å². The Morgan fingerprint density at radius 1 is 1.04 bits per heavy atom. The quantitative estimate of drug-likeness (QED) is 0.532. The lowest BCUT2D eigenvalue weighted by molar-refractivity contribution is 0.414. The summed E-state index contributed by atoms with van der Waals surface area (Å²) in [7, 11) is 1.69. The smallest absolute Gasteiger partial charge is 0.144 e. The third kappa shape index (κ3) is 2.67. The molecule has 0 bridgehead atoms. The van der Waals surface area contributed by atoms with Crippen molar-refractivity contribution in [2.24, 2.45) is 0 Å². The Balaban J connectivity index is 1.65. The van der Waals surface area contributed by atoms with Crippen molar-refractivity contribution >= 4 is 17.4 Å². The second kappa shape index (κ2) is 6.77. The Labute approximate surface area is 167 Å². The van der Waals surface area contributed by atoms with E-state index in [4.69, 9.17) is 4.74 Å². The predicted octanol–water partition coefficient (Wildman–Crippen LogP) is 5.10. The number of hydrogen-bond acceptors (Lipinski definition) is 4. The van der Waals surface area contributed by atoms with E-state index in [0.29, 0.717) is 0 Å². The summed E-state index contributed by atoms with van der Waals surface area (Å²) in [5.41, 5.74) is 5.42. The van der Waals surface area contributed by atoms with Crippen LogP contribution in [0.25, 0.3) is 16.8 Å². The van der Waals surface area contributed by atoms with Crippen LogP contribution in [0.5, 0.6) is 5.75 Å². The van der Waals surface area contributed by atoms with Gasteiger partial charge in [-0.3, -0.25) is 5.10 Å². The van der Waals surface area contributed by atoms with E-state index in [1.807, 2.05) is 23.7 Å². The molecule has 138 valence electrons. The topological polar surface area (TPSA) is 50.8 Å². The molecule has 2 aromatic heterocycles. The summed E-state index contributed by atoms with van der Waals surface area (Å²) >= 11 is 1.61. The summed E-state index contributed by atoms with van der Waals surface area (Å²) in [6, 6.07) is 19.0. The standard InChI is InChI=1S/C23H19N3OS/c1-27-18-9-7-17(8-10-18)23(16-5-3-2-4-6-16)12-11-19-20(15-23)25-26-21(19)22-24-13-14-28-22/h2-14H,15H2,1H3,(H,25,26). The number of rotatable bonds is 4. The summed E-state index contributed by atoms with van der Waals surface area (Å²) < 4.78 is 5.36. The van der Waals surface area contributed by atoms with Crippen molar-refractivity contribution in [2.45, 2.75) is 11.8 Å². The molecular weight excluding hydrogens is 366 g/mol. The SMILES string of the molecule is COc1ccc(C2(c3ccccc3)C=Cc3c(-c4nccs4)n[nH]c3C2)cc1. The number of nitrogens with one attached hydrogen (secondary N) is 1. The van der Waals surface area contributed by atoms with Crippen molar-refractivity contribution in [1.82, 2.24) is 15.2 Å². The summed E-state index contributed by atoms with van der Waals surface area (Å²) in [6.07, 6.45) is 7.13. The molecule has 1 aliphatic rings. The van der Waals surface area contributed by atoms with E-state index in [-0.39, 0.29) is 5.41 Å². The van der Waals surface area contributed by atoms with Gasteiger partial charge >= 0.3 is 0 Å². The molecule has 2 aromatic carbocycles. The van der Waals surface area contributed by atoms with Crippen LogP contribution in [0, 0.1) is 0 Å². The first-order valence-electron chi connectivity index (χ1n) is 9.16. The molecule has 0 amide bonds. The van der Waals surface area contributed by atoms with E-state index >= 15 is 0 Å². The normalized spacial score (nSPS) is 18.0. The fourth-order valence-corrected chi connectivity index (χ4v) is 4.59. The van der Waals surface area contributed by atoms with Gasteiger partial charge in [-0.2, -0.15) is 5.10 Å². The lowest BCUT2D eigenvalue weighted by Crippen LogP contribution is -2.30. The number of thiazole rings is 1. The monoisotopic (exact) mass is 385 g/mol. The van der Waals surface area contributed by atoms with Gasteiger partial charge in [0.15, 0.2) is 0 Å². The Morgan fingerprint density at radius 2 is 1.82 bits per heavy atom. The van der Waals surface area contributed by atoms with E-state index in [9.17, 15) is 0 Å². The fraction of sp³-hybridized carbons (Fsp3) is 0.130. The first-order valence-corrected chi connectivity index (χ1v) is 10.0. The third-order valence-corrected chi connectivity index (χ3v) is 6.18. The average molecular weight is 385 g/mol. The molecule has 4 nitrogen and oxygen atoms in total. The van der Waals surface area contributed by atoms with Crippen molar-refractivity contribution in [2.75, 3.05) is 7.11 Å². The van der Waals surface area contributed by atoms with Gasteiger partial charge in [-0.1, -0.05) is 54.6 Å². The minimum Gasteiger partial charge on any atom is -0.497 e. The zero-order chi connectivity index (χ0) is 19.0. The maximum atomic E-state index is 5.36. The lowest BCUT2D eigenvalue weighted by Gasteiger charge is -2.34. The summed E-state index contributed by atoms with van der Waals surface area (Å²) in [5, 5.41) is 10.8. The van der Waals surface area contributed by atoms with Crippen molar-refractivity contribution in [3.8, 4) is 16.5 Å². The maximum Gasteiger partial charge on any atom is 0.144 e. The van der Waals surface area contributed by atoms with Crippen molar-refractivity contribution in [1.29, 1.82) is 0 Å². The maximum absolute atomic E-state index is 5.36. The fourth-order valence-electron chi connectivity index (χ4n) is 3.96. The molecule has 0 saturated carbocycles. The molecule has 0 spiro atoms. The van der Waals surface area contributed by atoms with E-state index in [2.05, 4.69) is 69.8 Å². The number of fused-ring (bicyclic) bond motifs is 1. The van der Waals surface area contributed by atoms with Gasteiger partial charge in [0.1, 0.15) is 16.5 Å². The van der Waals surface area contributed by atoms with Gasteiger partial charge in [-0.15, -0.1) is 11.3 Å². The first kappa shape index (κ1) is 17.0. The number of aromatic nitrogens is 3. The van der Waals surface area contributed by atoms with Gasteiger partial charge in [-0.05, 0) is 23.3 Å². The molecule has 4 aromatic rings. The summed E-state index contributed by atoms with van der Waals surface area (Å²) in [6.45, 7) is 0. The Bertz CT molecular complexity index is 1110. The van der Waals surface area contributed by atoms with Crippen molar-refractivity contribution in [3.05, 3.63) is 94.6 Å². The molecule has 2 heterocycles. The molecule has 0 aliphatic heterocycles. The highest BCUT2D eigenvalue weighted by molar-refractivity contribution is 7.13. The minimum atomic E-state index is -0.257. The molecule has 1 aliphatic carbocycles. The molecule has 0 radical (unpaired) electrons. The van der Waals surface area contributed by atoms with Crippen molar-refractivity contribution < 1.29 is 4.74 Å². The van der Waals surface area contributed by atoms with Crippen LogP contribution in [0.1, 0.15) is 22.4 Å². The molecule has 1 N–H and O–H groups in total. The van der Waals surface area contributed by atoms with Gasteiger partial charge < -0.3 is 4.74 Å². The van der Waals surface area contributed by atoms with Gasteiger partial charge in [0, 0.05) is 34.7 Å². The van der Waals surface area contributed by atoms with E-state index in [1.165, 1.54) is 11.1 Å². The molecule has 1 atom stereocenters. The van der Waals surface area contributed by atoms with Crippen molar-refractivity contribution in [3.63, 3.8) is 0 Å². The second-order valence-corrected chi connectivity index (χ2v) is 7.77. The molecule has 5 rings (SSSR count). The molecule has 1 unspecified atom stereocenters. The molecule has 0 fully saturated rings. The number of methoxy groups -OCH3 is 1. The Morgan fingerprint density at radius 3 is 2.54 bits per heavy atom. The highest BCUT2D eigenvalue weighted by Crippen LogP contribution is 2.43. The molecular formula is C23H19N3OS. The highest BCUT2D eigenvalue weighted by atomic mass is 32.1. The van der Waals surface area contributed by atoms with E-state index in [1.54, 1.807) is 18.4 Å². The van der Waals surface area contributed by atoms with E-state index in [0.717, 1.165) is 34.1 Å². The number of ether oxygens (including phenoxy) is 1. The number of nitrogens with zero attached hydrogens (tertiary/aromatic N) is 2. The Kier molecular flexibility index (Phi) is 4.10. The zero-order valence-electron chi connectivity index (χ0n) is 15.4. The number of hydrogen-bond donors (Lipinski definition) is 1. The van der Waals surface area contributed by atoms with Crippen LogP contribution in [-0.4, -0.2) is 22.3 Å². The average Bonchev–Trinajstić information content (AvgIpc) is 3.43. The summed E-state index contributed by atoms with van der Waals surface area (Å²) in [4.78, 5) is 4.43. The second-order valence-electron chi connectivity index (χ2n) is 6.88. The summed E-state index contributed by atoms with van der Waals surface area (Å²) in [5.74, 6) is 0.861. The van der Waals surface area contributed by atoms with Gasteiger partial charge in [0.05, 0.1) is 7.11 Å². The first-order chi connectivity index (χ1) is 13.8. The number of allylic oxidation sites excluding steroid dienone is 1. The predicted molar refractivity (Wildman–Crippen MR) is 113 cm³/mol. The van der Waals surface area contributed by atoms with Gasteiger partial charge in [-0.25, -0.2) is 4.98 Å². The number of aromatic amines is 1. The molecule has 28 heavy (non-hydrogen) atoms. The van der Waals surface area contributed by atoms with Gasteiger partial charge in [0.25, 0.3) is 0 Å². The molecule has 5 heteroatoms. The van der Waals surface area contributed by atoms with Crippen LogP contribution in [0.2, 0.25) is 0 Å². The zero-order valence-corrected chi connectivity index (χ0v) is 16.2. The van der Waals surface area contributed by atoms with Crippen LogP contribution in [0.4, 0.5) is 0 Å². The Hall–Kier alpha value is -3.18. The van der Waals surface area contributed by atoms with Crippen LogP contribution in [0.3, 0.4) is 0 Å².